The number of aromatic nitrogens is 1. The number of carbonyl (C=O) groups excluding carboxylic acids is 2. The summed E-state index contributed by atoms with van der Waals surface area (Å²) in [7, 11) is 1.29. The molecule has 0 radical (unpaired) electrons. The first-order chi connectivity index (χ1) is 7.19. The van der Waals surface area contributed by atoms with E-state index in [1.165, 1.54) is 7.11 Å². The Balaban J connectivity index is 2.97. The Morgan fingerprint density at radius 2 is 2.53 bits per heavy atom. The lowest BCUT2D eigenvalue weighted by Gasteiger charge is -1.95. The van der Waals surface area contributed by atoms with Crippen molar-refractivity contribution >= 4 is 35.2 Å². The average molecular weight is 228 g/mol. The van der Waals surface area contributed by atoms with Crippen molar-refractivity contribution in [1.82, 2.24) is 4.98 Å². The molecule has 1 aromatic rings. The lowest BCUT2D eigenvalue weighted by molar-refractivity contribution is -0.112. The lowest BCUT2D eigenvalue weighted by Crippen LogP contribution is -2.24. The minimum absolute atomic E-state index is 0.0820. The Labute approximate surface area is 88.9 Å². The lowest BCUT2D eigenvalue weighted by atomic mass is 10.4. The smallest absolute Gasteiger partial charge is 0.273 e. The van der Waals surface area contributed by atoms with Gasteiger partial charge in [0.25, 0.3) is 5.91 Å². The summed E-state index contributed by atoms with van der Waals surface area (Å²) >= 11 is 1.12. The van der Waals surface area contributed by atoms with Crippen LogP contribution in [0.4, 0.5) is 5.82 Å². The summed E-state index contributed by atoms with van der Waals surface area (Å²) in [6, 6.07) is 0. The highest BCUT2D eigenvalue weighted by Gasteiger charge is 2.15. The maximum absolute atomic E-state index is 10.9. The quantitative estimate of drug-likeness (QED) is 0.404. The van der Waals surface area contributed by atoms with E-state index in [-0.39, 0.29) is 10.7 Å². The van der Waals surface area contributed by atoms with Gasteiger partial charge >= 0.3 is 0 Å². The fraction of sp³-hybridized carbons (Fsp3) is 0.143. The summed E-state index contributed by atoms with van der Waals surface area (Å²) in [5.74, 6) is -0.418. The SMILES string of the molecule is CON=C(C(N)=O)c1nc(NC=O)cs1. The van der Waals surface area contributed by atoms with Crippen molar-refractivity contribution in [2.24, 2.45) is 10.9 Å². The summed E-state index contributed by atoms with van der Waals surface area (Å²) < 4.78 is 0. The molecule has 0 aliphatic carbocycles. The zero-order valence-electron chi connectivity index (χ0n) is 7.76. The largest absolute Gasteiger partial charge is 0.398 e. The number of primary amides is 1. The van der Waals surface area contributed by atoms with E-state index in [0.717, 1.165) is 11.3 Å². The highest BCUT2D eigenvalue weighted by atomic mass is 32.1. The summed E-state index contributed by atoms with van der Waals surface area (Å²) in [4.78, 5) is 29.4. The molecule has 7 nitrogen and oxygen atoms in total. The highest BCUT2D eigenvalue weighted by molar-refractivity contribution is 7.13. The number of thiazole rings is 1. The Morgan fingerprint density at radius 3 is 3.07 bits per heavy atom. The van der Waals surface area contributed by atoms with Gasteiger partial charge in [0, 0.05) is 5.38 Å². The number of anilines is 1. The molecule has 0 bridgehead atoms. The van der Waals surface area contributed by atoms with Crippen LogP contribution in [0.25, 0.3) is 0 Å². The van der Waals surface area contributed by atoms with Crippen LogP contribution in [0, 0.1) is 0 Å². The van der Waals surface area contributed by atoms with Crippen LogP contribution in [0.2, 0.25) is 0 Å². The molecular formula is C7H8N4O3S. The number of hydrogen-bond acceptors (Lipinski definition) is 6. The molecule has 0 aliphatic rings. The second-order valence-corrected chi connectivity index (χ2v) is 3.14. The first-order valence-electron chi connectivity index (χ1n) is 3.76. The topological polar surface area (TPSA) is 107 Å². The maximum atomic E-state index is 10.9. The molecule has 0 unspecified atom stereocenters. The predicted octanol–water partition coefficient (Wildman–Crippen LogP) is -0.453. The van der Waals surface area contributed by atoms with Crippen molar-refractivity contribution in [3.8, 4) is 0 Å². The molecule has 0 spiro atoms. The summed E-state index contributed by atoms with van der Waals surface area (Å²) in [5, 5.41) is 7.62. The average Bonchev–Trinajstić information content (AvgIpc) is 2.62. The Bertz CT molecular complexity index is 401. The summed E-state index contributed by atoms with van der Waals surface area (Å²) in [6.07, 6.45) is 0.482. The predicted molar refractivity (Wildman–Crippen MR) is 54.5 cm³/mol. The molecule has 1 rings (SSSR count). The van der Waals surface area contributed by atoms with Crippen molar-refractivity contribution in [3.05, 3.63) is 10.4 Å². The fourth-order valence-corrected chi connectivity index (χ4v) is 1.53. The van der Waals surface area contributed by atoms with Crippen molar-refractivity contribution in [3.63, 3.8) is 0 Å². The fourth-order valence-electron chi connectivity index (χ4n) is 0.790. The number of amides is 2. The third-order valence-corrected chi connectivity index (χ3v) is 2.18. The van der Waals surface area contributed by atoms with Crippen LogP contribution in [-0.2, 0) is 14.4 Å². The number of carbonyl (C=O) groups is 2. The number of nitrogens with one attached hydrogen (secondary N) is 1. The third kappa shape index (κ3) is 2.74. The van der Waals surface area contributed by atoms with Gasteiger partial charge in [0.05, 0.1) is 0 Å². The van der Waals surface area contributed by atoms with Crippen molar-refractivity contribution in [2.45, 2.75) is 0 Å². The number of rotatable bonds is 5. The van der Waals surface area contributed by atoms with Crippen LogP contribution in [0.15, 0.2) is 10.5 Å². The molecule has 1 heterocycles. The van der Waals surface area contributed by atoms with Crippen molar-refractivity contribution in [2.75, 3.05) is 12.4 Å². The zero-order chi connectivity index (χ0) is 11.3. The van der Waals surface area contributed by atoms with E-state index in [0.29, 0.717) is 12.2 Å². The molecular weight excluding hydrogens is 220 g/mol. The van der Waals surface area contributed by atoms with Crippen LogP contribution in [0.5, 0.6) is 0 Å². The molecule has 8 heteroatoms. The molecule has 0 aromatic carbocycles. The van der Waals surface area contributed by atoms with E-state index in [1.54, 1.807) is 5.38 Å². The van der Waals surface area contributed by atoms with Gasteiger partial charge in [-0.05, 0) is 0 Å². The molecule has 0 saturated carbocycles. The Kier molecular flexibility index (Phi) is 3.75. The van der Waals surface area contributed by atoms with Gasteiger partial charge in [0.15, 0.2) is 5.01 Å². The third-order valence-electron chi connectivity index (χ3n) is 1.33. The maximum Gasteiger partial charge on any atom is 0.273 e. The molecule has 0 aliphatic heterocycles. The second-order valence-electron chi connectivity index (χ2n) is 2.29. The minimum Gasteiger partial charge on any atom is -0.398 e. The van der Waals surface area contributed by atoms with Crippen LogP contribution in [0.1, 0.15) is 5.01 Å². The first kappa shape index (κ1) is 11.1. The van der Waals surface area contributed by atoms with Crippen LogP contribution >= 0.6 is 11.3 Å². The molecule has 0 saturated heterocycles. The van der Waals surface area contributed by atoms with E-state index in [4.69, 9.17) is 5.73 Å². The normalized spacial score (nSPS) is 10.9. The molecule has 1 aromatic heterocycles. The van der Waals surface area contributed by atoms with Gasteiger partial charge in [0.1, 0.15) is 12.9 Å². The zero-order valence-corrected chi connectivity index (χ0v) is 8.58. The minimum atomic E-state index is -0.746. The van der Waals surface area contributed by atoms with E-state index in [1.807, 2.05) is 0 Å². The van der Waals surface area contributed by atoms with Crippen molar-refractivity contribution < 1.29 is 14.4 Å². The molecule has 0 atom stereocenters. The van der Waals surface area contributed by atoms with Gasteiger partial charge in [-0.25, -0.2) is 4.98 Å². The van der Waals surface area contributed by atoms with Gasteiger partial charge in [0.2, 0.25) is 12.1 Å². The van der Waals surface area contributed by atoms with E-state index in [2.05, 4.69) is 20.3 Å². The van der Waals surface area contributed by atoms with Gasteiger partial charge < -0.3 is 15.9 Å². The number of oxime groups is 1. The number of nitrogens with zero attached hydrogens (tertiary/aromatic N) is 2. The van der Waals surface area contributed by atoms with Crippen molar-refractivity contribution in [1.29, 1.82) is 0 Å². The summed E-state index contributed by atoms with van der Waals surface area (Å²) in [6.45, 7) is 0. The van der Waals surface area contributed by atoms with Gasteiger partial charge in [-0.2, -0.15) is 0 Å². The molecule has 15 heavy (non-hydrogen) atoms. The number of hydrogen-bond donors (Lipinski definition) is 2. The molecule has 80 valence electrons. The first-order valence-corrected chi connectivity index (χ1v) is 4.64. The Hall–Kier alpha value is -1.96. The molecule has 2 amide bonds. The van der Waals surface area contributed by atoms with Crippen LogP contribution in [0.3, 0.4) is 0 Å². The number of nitrogens with two attached hydrogens (primary N) is 1. The van der Waals surface area contributed by atoms with Gasteiger partial charge in [-0.15, -0.1) is 11.3 Å². The second kappa shape index (κ2) is 5.05. The van der Waals surface area contributed by atoms with E-state index in [9.17, 15) is 9.59 Å². The van der Waals surface area contributed by atoms with E-state index >= 15 is 0 Å². The standard InChI is InChI=1S/C7H8N4O3S/c1-14-11-5(6(8)13)7-10-4(2-15-7)9-3-12/h2-3H,1H3,(H2,8,13)(H,9,12). The molecule has 0 fully saturated rings. The monoisotopic (exact) mass is 228 g/mol. The van der Waals surface area contributed by atoms with Crippen LogP contribution < -0.4 is 11.1 Å². The molecule has 3 N–H and O–H groups in total. The van der Waals surface area contributed by atoms with Crippen LogP contribution in [-0.4, -0.2) is 30.1 Å². The summed E-state index contributed by atoms with van der Waals surface area (Å²) in [5.41, 5.74) is 4.98. The van der Waals surface area contributed by atoms with Gasteiger partial charge in [-0.1, -0.05) is 5.16 Å². The highest BCUT2D eigenvalue weighted by Crippen LogP contribution is 2.14. The Morgan fingerprint density at radius 1 is 1.80 bits per heavy atom. The van der Waals surface area contributed by atoms with E-state index < -0.39 is 5.91 Å². The van der Waals surface area contributed by atoms with Gasteiger partial charge in [-0.3, -0.25) is 9.59 Å².